The first-order chi connectivity index (χ1) is 12.3. The van der Waals surface area contributed by atoms with Crippen molar-refractivity contribution in [3.8, 4) is 0 Å². The zero-order chi connectivity index (χ0) is 18.7. The van der Waals surface area contributed by atoms with Gasteiger partial charge in [-0.05, 0) is 26.0 Å². The number of hydrogen-bond donors (Lipinski definition) is 1. The van der Waals surface area contributed by atoms with Gasteiger partial charge in [-0.2, -0.15) is 5.10 Å². The Kier molecular flexibility index (Phi) is 5.13. The van der Waals surface area contributed by atoms with Crippen LogP contribution in [0, 0.1) is 0 Å². The summed E-state index contributed by atoms with van der Waals surface area (Å²) in [6.45, 7) is 7.12. The van der Waals surface area contributed by atoms with Gasteiger partial charge in [-0.1, -0.05) is 0 Å². The molecule has 1 aliphatic heterocycles. The number of hydrogen-bond acceptors (Lipinski definition) is 5. The second kappa shape index (κ2) is 7.33. The molecule has 1 N–H and O–H groups in total. The monoisotopic (exact) mass is 360 g/mol. The predicted molar refractivity (Wildman–Crippen MR) is 93.6 cm³/mol. The lowest BCUT2D eigenvalue weighted by Crippen LogP contribution is -2.58. The van der Waals surface area contributed by atoms with Crippen LogP contribution in [0.15, 0.2) is 35.2 Å². The van der Waals surface area contributed by atoms with E-state index in [9.17, 15) is 9.59 Å². The quantitative estimate of drug-likeness (QED) is 0.868. The van der Waals surface area contributed by atoms with Gasteiger partial charge in [0.2, 0.25) is 5.91 Å². The van der Waals surface area contributed by atoms with Gasteiger partial charge in [-0.3, -0.25) is 14.3 Å². The first-order valence-electron chi connectivity index (χ1n) is 8.58. The van der Waals surface area contributed by atoms with E-state index in [1.807, 2.05) is 26.1 Å². The SMILES string of the molecule is CC(=O)N1CC(C)(C)OCC1CNC(=O)c1coc(Cn2cccn2)c1. The van der Waals surface area contributed by atoms with Crippen LogP contribution in [0.4, 0.5) is 0 Å². The van der Waals surface area contributed by atoms with E-state index in [0.717, 1.165) is 0 Å². The fourth-order valence-electron chi connectivity index (χ4n) is 2.98. The van der Waals surface area contributed by atoms with Gasteiger partial charge < -0.3 is 19.4 Å². The minimum atomic E-state index is -0.377. The smallest absolute Gasteiger partial charge is 0.254 e. The van der Waals surface area contributed by atoms with Crippen molar-refractivity contribution in [2.24, 2.45) is 0 Å². The number of furan rings is 1. The lowest BCUT2D eigenvalue weighted by atomic mass is 10.0. The Labute approximate surface area is 152 Å². The highest BCUT2D eigenvalue weighted by Crippen LogP contribution is 2.20. The average molecular weight is 360 g/mol. The fraction of sp³-hybridized carbons (Fsp3) is 0.500. The maximum Gasteiger partial charge on any atom is 0.254 e. The Bertz CT molecular complexity index is 766. The molecular formula is C18H24N4O4. The predicted octanol–water partition coefficient (Wildman–Crippen LogP) is 1.28. The largest absolute Gasteiger partial charge is 0.467 e. The number of aromatic nitrogens is 2. The molecule has 0 spiro atoms. The molecule has 0 radical (unpaired) electrons. The third-order valence-electron chi connectivity index (χ3n) is 4.35. The summed E-state index contributed by atoms with van der Waals surface area (Å²) in [6.07, 6.45) is 4.94. The molecule has 1 aliphatic rings. The number of carbonyl (C=O) groups is 2. The van der Waals surface area contributed by atoms with Crippen LogP contribution in [-0.4, -0.2) is 57.8 Å². The van der Waals surface area contributed by atoms with Crippen molar-refractivity contribution in [3.05, 3.63) is 42.1 Å². The summed E-state index contributed by atoms with van der Waals surface area (Å²) in [5, 5.41) is 6.96. The number of carbonyl (C=O) groups excluding carboxylic acids is 2. The van der Waals surface area contributed by atoms with Gasteiger partial charge in [0.05, 0.1) is 30.4 Å². The maximum absolute atomic E-state index is 12.4. The Hall–Kier alpha value is -2.61. The molecule has 8 heteroatoms. The summed E-state index contributed by atoms with van der Waals surface area (Å²) >= 11 is 0. The van der Waals surface area contributed by atoms with Gasteiger partial charge in [-0.25, -0.2) is 0 Å². The Balaban J connectivity index is 1.56. The van der Waals surface area contributed by atoms with Gasteiger partial charge in [0, 0.05) is 32.4 Å². The highest BCUT2D eigenvalue weighted by molar-refractivity contribution is 5.94. The molecule has 0 aliphatic carbocycles. The average Bonchev–Trinajstić information content (AvgIpc) is 3.25. The van der Waals surface area contributed by atoms with Crippen molar-refractivity contribution in [1.29, 1.82) is 0 Å². The molecule has 0 saturated carbocycles. The Morgan fingerprint density at radius 2 is 2.23 bits per heavy atom. The van der Waals surface area contributed by atoms with Crippen molar-refractivity contribution in [2.75, 3.05) is 19.7 Å². The van der Waals surface area contributed by atoms with Gasteiger partial charge in [-0.15, -0.1) is 0 Å². The minimum Gasteiger partial charge on any atom is -0.467 e. The van der Waals surface area contributed by atoms with Crippen molar-refractivity contribution in [3.63, 3.8) is 0 Å². The molecule has 3 heterocycles. The van der Waals surface area contributed by atoms with Crippen LogP contribution < -0.4 is 5.32 Å². The molecule has 2 amide bonds. The summed E-state index contributed by atoms with van der Waals surface area (Å²) in [5.74, 6) is 0.381. The molecule has 2 aromatic rings. The second-order valence-corrected chi connectivity index (χ2v) is 7.09. The maximum atomic E-state index is 12.4. The summed E-state index contributed by atoms with van der Waals surface area (Å²) in [6, 6.07) is 3.34. The first-order valence-corrected chi connectivity index (χ1v) is 8.58. The summed E-state index contributed by atoms with van der Waals surface area (Å²) in [5.41, 5.74) is 0.0663. The Morgan fingerprint density at radius 1 is 1.42 bits per heavy atom. The van der Waals surface area contributed by atoms with E-state index >= 15 is 0 Å². The normalized spacial score (nSPS) is 19.3. The van der Waals surface area contributed by atoms with Gasteiger partial charge in [0.15, 0.2) is 0 Å². The van der Waals surface area contributed by atoms with E-state index in [1.165, 1.54) is 13.2 Å². The van der Waals surface area contributed by atoms with Gasteiger partial charge >= 0.3 is 0 Å². The molecule has 1 saturated heterocycles. The van der Waals surface area contributed by atoms with Crippen LogP contribution in [-0.2, 0) is 16.1 Å². The van der Waals surface area contributed by atoms with Crippen molar-refractivity contribution >= 4 is 11.8 Å². The highest BCUT2D eigenvalue weighted by atomic mass is 16.5. The molecule has 140 valence electrons. The van der Waals surface area contributed by atoms with Crippen LogP contribution in [0.25, 0.3) is 0 Å². The van der Waals surface area contributed by atoms with Crippen LogP contribution in [0.3, 0.4) is 0 Å². The van der Waals surface area contributed by atoms with Crippen LogP contribution in [0.2, 0.25) is 0 Å². The van der Waals surface area contributed by atoms with E-state index in [4.69, 9.17) is 9.15 Å². The van der Waals surface area contributed by atoms with Crippen molar-refractivity contribution in [2.45, 2.75) is 39.0 Å². The molecule has 26 heavy (non-hydrogen) atoms. The molecule has 0 bridgehead atoms. The fourth-order valence-corrected chi connectivity index (χ4v) is 2.98. The molecule has 0 aromatic carbocycles. The van der Waals surface area contributed by atoms with E-state index in [0.29, 0.717) is 37.6 Å². The summed E-state index contributed by atoms with van der Waals surface area (Å²) in [4.78, 5) is 26.0. The lowest BCUT2D eigenvalue weighted by molar-refractivity contribution is -0.153. The lowest BCUT2D eigenvalue weighted by Gasteiger charge is -2.43. The van der Waals surface area contributed by atoms with E-state index in [2.05, 4.69) is 10.4 Å². The van der Waals surface area contributed by atoms with E-state index in [-0.39, 0.29) is 23.5 Å². The molecule has 1 atom stereocenters. The molecule has 1 unspecified atom stereocenters. The third kappa shape index (κ3) is 4.32. The molecule has 1 fully saturated rings. The topological polar surface area (TPSA) is 89.6 Å². The van der Waals surface area contributed by atoms with Gasteiger partial charge in [0.1, 0.15) is 12.0 Å². The second-order valence-electron chi connectivity index (χ2n) is 7.09. The third-order valence-corrected chi connectivity index (χ3v) is 4.35. The number of amides is 2. The zero-order valence-corrected chi connectivity index (χ0v) is 15.3. The van der Waals surface area contributed by atoms with E-state index in [1.54, 1.807) is 21.8 Å². The van der Waals surface area contributed by atoms with E-state index < -0.39 is 0 Å². The zero-order valence-electron chi connectivity index (χ0n) is 15.3. The highest BCUT2D eigenvalue weighted by Gasteiger charge is 2.35. The number of rotatable bonds is 5. The molecule has 8 nitrogen and oxygen atoms in total. The van der Waals surface area contributed by atoms with Crippen LogP contribution >= 0.6 is 0 Å². The van der Waals surface area contributed by atoms with Crippen LogP contribution in [0.1, 0.15) is 36.9 Å². The Morgan fingerprint density at radius 3 is 2.92 bits per heavy atom. The summed E-state index contributed by atoms with van der Waals surface area (Å²) in [7, 11) is 0. The standard InChI is InChI=1S/C18H24N4O4/c1-13(23)22-12-18(2,3)26-11-15(22)8-19-17(24)14-7-16(25-10-14)9-21-6-4-5-20-21/h4-7,10,15H,8-9,11-12H2,1-3H3,(H,19,24). The number of morpholine rings is 1. The molecule has 3 rings (SSSR count). The first kappa shape index (κ1) is 18.2. The van der Waals surface area contributed by atoms with Gasteiger partial charge in [0.25, 0.3) is 5.91 Å². The number of ether oxygens (including phenoxy) is 1. The number of nitrogens with zero attached hydrogens (tertiary/aromatic N) is 3. The van der Waals surface area contributed by atoms with Crippen molar-refractivity contribution < 1.29 is 18.7 Å². The minimum absolute atomic E-state index is 0.0227. The number of nitrogens with one attached hydrogen (secondary N) is 1. The van der Waals surface area contributed by atoms with Crippen LogP contribution in [0.5, 0.6) is 0 Å². The van der Waals surface area contributed by atoms with Crippen molar-refractivity contribution in [1.82, 2.24) is 20.0 Å². The summed E-state index contributed by atoms with van der Waals surface area (Å²) < 4.78 is 12.9. The molecular weight excluding hydrogens is 336 g/mol. The molecule has 2 aromatic heterocycles.